The van der Waals surface area contributed by atoms with Crippen molar-refractivity contribution in [1.29, 1.82) is 0 Å². The van der Waals surface area contributed by atoms with E-state index in [1.54, 1.807) is 0 Å². The number of carbonyl (C=O) groups excluding carboxylic acids is 1. The lowest BCUT2D eigenvalue weighted by atomic mass is 9.72. The molecule has 5 heteroatoms. The summed E-state index contributed by atoms with van der Waals surface area (Å²) in [5, 5.41) is 6.88. The third kappa shape index (κ3) is 2.18. The minimum absolute atomic E-state index is 0.240. The summed E-state index contributed by atoms with van der Waals surface area (Å²) in [6.45, 7) is 3.81. The zero-order valence-electron chi connectivity index (χ0n) is 13.5. The number of benzene rings is 1. The first-order valence-corrected chi connectivity index (χ1v) is 8.35. The Morgan fingerprint density at radius 3 is 2.74 bits per heavy atom. The van der Waals surface area contributed by atoms with Crippen molar-refractivity contribution in [2.45, 2.75) is 38.0 Å². The van der Waals surface area contributed by atoms with E-state index in [1.165, 1.54) is 6.33 Å². The minimum Gasteiger partial charge on any atom is -0.340 e. The Morgan fingerprint density at radius 1 is 1.17 bits per heavy atom. The second-order valence-electron chi connectivity index (χ2n) is 7.14. The van der Waals surface area contributed by atoms with Crippen molar-refractivity contribution in [3.05, 3.63) is 42.2 Å². The van der Waals surface area contributed by atoms with Gasteiger partial charge in [0, 0.05) is 18.5 Å². The molecule has 23 heavy (non-hydrogen) atoms. The topological polar surface area (TPSA) is 61.9 Å². The summed E-state index contributed by atoms with van der Waals surface area (Å²) in [6.07, 6.45) is 5.43. The molecular formula is C18H22N4O. The van der Waals surface area contributed by atoms with Crippen molar-refractivity contribution >= 4 is 11.7 Å². The molecule has 2 aromatic rings. The molecule has 2 atom stereocenters. The van der Waals surface area contributed by atoms with Crippen molar-refractivity contribution in [3.8, 4) is 0 Å². The first kappa shape index (κ1) is 14.4. The maximum atomic E-state index is 13.4. The predicted octanol–water partition coefficient (Wildman–Crippen LogP) is 2.71. The highest BCUT2D eigenvalue weighted by atomic mass is 16.1. The molecule has 2 unspecified atom stereocenters. The molecule has 1 aromatic carbocycles. The molecule has 1 spiro atoms. The molecule has 2 fully saturated rings. The van der Waals surface area contributed by atoms with E-state index in [4.69, 9.17) is 0 Å². The number of nitrogens with zero attached hydrogens (tertiary/aromatic N) is 3. The number of nitrogens with one attached hydrogen (secondary N) is 1. The van der Waals surface area contributed by atoms with Crippen LogP contribution in [0.25, 0.3) is 0 Å². The van der Waals surface area contributed by atoms with Gasteiger partial charge >= 0.3 is 0 Å². The van der Waals surface area contributed by atoms with Crippen LogP contribution < -0.4 is 4.90 Å². The molecule has 1 aliphatic heterocycles. The highest BCUT2D eigenvalue weighted by Crippen LogP contribution is 2.51. The van der Waals surface area contributed by atoms with E-state index in [0.29, 0.717) is 5.78 Å². The van der Waals surface area contributed by atoms with Crippen LogP contribution in [-0.2, 0) is 10.2 Å². The van der Waals surface area contributed by atoms with E-state index in [2.05, 4.69) is 39.1 Å². The van der Waals surface area contributed by atoms with Gasteiger partial charge in [-0.15, -0.1) is 0 Å². The standard InChI is InChI=1S/C18H22N4O/c1-17(14-6-3-2-4-7-14)9-10-18(15(17)23)8-5-11-22(12-18)16-19-13-20-21-16/h2-4,6-7,13H,5,8-12H2,1H3,(H,19,20,21). The van der Waals surface area contributed by atoms with Gasteiger partial charge < -0.3 is 4.90 Å². The lowest BCUT2D eigenvalue weighted by Crippen LogP contribution is -2.49. The molecule has 1 aliphatic carbocycles. The molecule has 1 aromatic heterocycles. The summed E-state index contributed by atoms with van der Waals surface area (Å²) in [5.41, 5.74) is 0.556. The number of Topliss-reactive ketones (excluding diaryl/α,β-unsaturated/α-hetero) is 1. The number of carbonyl (C=O) groups is 1. The van der Waals surface area contributed by atoms with E-state index < -0.39 is 0 Å². The average Bonchev–Trinajstić information content (AvgIpc) is 3.21. The van der Waals surface area contributed by atoms with Crippen LogP contribution in [0.2, 0.25) is 0 Å². The summed E-state index contributed by atoms with van der Waals surface area (Å²) < 4.78 is 0. The number of H-pyrrole nitrogens is 1. The van der Waals surface area contributed by atoms with Gasteiger partial charge in [-0.3, -0.25) is 4.79 Å². The first-order valence-electron chi connectivity index (χ1n) is 8.35. The number of hydrogen-bond donors (Lipinski definition) is 1. The van der Waals surface area contributed by atoms with Crippen LogP contribution in [0.5, 0.6) is 0 Å². The molecule has 1 saturated carbocycles. The Kier molecular flexibility index (Phi) is 3.25. The molecule has 4 rings (SSSR count). The second kappa shape index (κ2) is 5.18. The lowest BCUT2D eigenvalue weighted by molar-refractivity contribution is -0.130. The SMILES string of the molecule is CC1(c2ccccc2)CCC2(CCCN(c3ncn[nH]3)C2)C1=O. The van der Waals surface area contributed by atoms with Crippen LogP contribution >= 0.6 is 0 Å². The van der Waals surface area contributed by atoms with Crippen LogP contribution in [0.4, 0.5) is 5.95 Å². The monoisotopic (exact) mass is 310 g/mol. The fraction of sp³-hybridized carbons (Fsp3) is 0.500. The second-order valence-corrected chi connectivity index (χ2v) is 7.14. The molecule has 2 heterocycles. The number of ketones is 1. The highest BCUT2D eigenvalue weighted by Gasteiger charge is 2.56. The van der Waals surface area contributed by atoms with Gasteiger partial charge in [0.15, 0.2) is 5.78 Å². The smallest absolute Gasteiger partial charge is 0.221 e. The van der Waals surface area contributed by atoms with E-state index in [1.807, 2.05) is 18.2 Å². The molecule has 1 N–H and O–H groups in total. The molecule has 0 radical (unpaired) electrons. The van der Waals surface area contributed by atoms with Gasteiger partial charge in [-0.1, -0.05) is 30.3 Å². The molecule has 0 amide bonds. The summed E-state index contributed by atoms with van der Waals surface area (Å²) in [4.78, 5) is 19.9. The number of piperidine rings is 1. The lowest BCUT2D eigenvalue weighted by Gasteiger charge is -2.40. The van der Waals surface area contributed by atoms with Gasteiger partial charge in [0.25, 0.3) is 0 Å². The maximum absolute atomic E-state index is 13.4. The number of aromatic amines is 1. The van der Waals surface area contributed by atoms with Crippen molar-refractivity contribution in [2.24, 2.45) is 5.41 Å². The van der Waals surface area contributed by atoms with Crippen molar-refractivity contribution in [3.63, 3.8) is 0 Å². The summed E-state index contributed by atoms with van der Waals surface area (Å²) >= 11 is 0. The van der Waals surface area contributed by atoms with Crippen LogP contribution in [0.1, 0.15) is 38.2 Å². The third-order valence-electron chi connectivity index (χ3n) is 5.78. The molecular weight excluding hydrogens is 288 g/mol. The number of aromatic nitrogens is 3. The van der Waals surface area contributed by atoms with Crippen LogP contribution in [-0.4, -0.2) is 34.1 Å². The summed E-state index contributed by atoms with van der Waals surface area (Å²) in [5.74, 6) is 1.19. The zero-order chi connectivity index (χ0) is 15.9. The summed E-state index contributed by atoms with van der Waals surface area (Å²) in [6, 6.07) is 10.2. The Labute approximate surface area is 136 Å². The van der Waals surface area contributed by atoms with Crippen molar-refractivity contribution < 1.29 is 4.79 Å². The third-order valence-corrected chi connectivity index (χ3v) is 5.78. The Bertz CT molecular complexity index is 699. The van der Waals surface area contributed by atoms with Crippen molar-refractivity contribution in [2.75, 3.05) is 18.0 Å². The number of anilines is 1. The zero-order valence-corrected chi connectivity index (χ0v) is 13.5. The average molecular weight is 310 g/mol. The fourth-order valence-corrected chi connectivity index (χ4v) is 4.44. The predicted molar refractivity (Wildman–Crippen MR) is 88.3 cm³/mol. The molecule has 2 aliphatic rings. The van der Waals surface area contributed by atoms with Crippen LogP contribution in [0, 0.1) is 5.41 Å². The normalized spacial score (nSPS) is 31.0. The molecule has 5 nitrogen and oxygen atoms in total. The van der Waals surface area contributed by atoms with Gasteiger partial charge in [-0.05, 0) is 38.2 Å². The van der Waals surface area contributed by atoms with Crippen LogP contribution in [0.3, 0.4) is 0 Å². The van der Waals surface area contributed by atoms with Gasteiger partial charge in [0.05, 0.1) is 5.41 Å². The van der Waals surface area contributed by atoms with Gasteiger partial charge in [0.2, 0.25) is 5.95 Å². The quantitative estimate of drug-likeness (QED) is 0.926. The number of hydrogen-bond acceptors (Lipinski definition) is 4. The highest BCUT2D eigenvalue weighted by molar-refractivity contribution is 5.97. The Hall–Kier alpha value is -2.17. The van der Waals surface area contributed by atoms with Gasteiger partial charge in [0.1, 0.15) is 6.33 Å². The van der Waals surface area contributed by atoms with E-state index in [0.717, 1.165) is 50.3 Å². The first-order chi connectivity index (χ1) is 11.1. The van der Waals surface area contributed by atoms with E-state index >= 15 is 0 Å². The Balaban J connectivity index is 1.64. The largest absolute Gasteiger partial charge is 0.340 e. The molecule has 0 bridgehead atoms. The minimum atomic E-state index is -0.355. The van der Waals surface area contributed by atoms with E-state index in [9.17, 15) is 4.79 Å². The van der Waals surface area contributed by atoms with Gasteiger partial charge in [-0.2, -0.15) is 10.1 Å². The van der Waals surface area contributed by atoms with E-state index in [-0.39, 0.29) is 10.8 Å². The summed E-state index contributed by atoms with van der Waals surface area (Å²) in [7, 11) is 0. The maximum Gasteiger partial charge on any atom is 0.221 e. The molecule has 1 saturated heterocycles. The van der Waals surface area contributed by atoms with Gasteiger partial charge in [-0.25, -0.2) is 5.10 Å². The number of rotatable bonds is 2. The van der Waals surface area contributed by atoms with Crippen LogP contribution in [0.15, 0.2) is 36.7 Å². The van der Waals surface area contributed by atoms with Crippen molar-refractivity contribution in [1.82, 2.24) is 15.2 Å². The fourth-order valence-electron chi connectivity index (χ4n) is 4.44. The Morgan fingerprint density at radius 2 is 2.00 bits per heavy atom. The molecule has 120 valence electrons.